The summed E-state index contributed by atoms with van der Waals surface area (Å²) in [5.41, 5.74) is -0.480. The van der Waals surface area contributed by atoms with Gasteiger partial charge in [0.15, 0.2) is 12.1 Å². The molecule has 4 fully saturated rings. The molecule has 4 aliphatic rings. The van der Waals surface area contributed by atoms with Crippen LogP contribution in [0.4, 0.5) is 0 Å². The summed E-state index contributed by atoms with van der Waals surface area (Å²) < 4.78 is 24.0. The van der Waals surface area contributed by atoms with E-state index in [-0.39, 0.29) is 30.1 Å². The van der Waals surface area contributed by atoms with Crippen LogP contribution in [0.15, 0.2) is 0 Å². The number of hydrogen-bond acceptors (Lipinski definition) is 6. The van der Waals surface area contributed by atoms with Gasteiger partial charge in [-0.3, -0.25) is 0 Å². The highest BCUT2D eigenvalue weighted by atomic mass is 16.7. The van der Waals surface area contributed by atoms with Crippen LogP contribution < -0.4 is 0 Å². The Morgan fingerprint density at radius 3 is 2.55 bits per heavy atom. The minimum absolute atomic E-state index is 0.0366. The van der Waals surface area contributed by atoms with Crippen LogP contribution in [-0.4, -0.2) is 61.4 Å². The molecule has 0 aromatic rings. The fourth-order valence-corrected chi connectivity index (χ4v) is 7.40. The van der Waals surface area contributed by atoms with E-state index < -0.39 is 17.3 Å². The summed E-state index contributed by atoms with van der Waals surface area (Å²) in [6.45, 7) is 9.32. The summed E-state index contributed by atoms with van der Waals surface area (Å²) in [5, 5.41) is 21.8. The maximum absolute atomic E-state index is 11.6. The van der Waals surface area contributed by atoms with Crippen molar-refractivity contribution in [1.82, 2.24) is 0 Å². The zero-order valence-electron chi connectivity index (χ0n) is 20.8. The molecule has 2 saturated heterocycles. The fourth-order valence-electron chi connectivity index (χ4n) is 7.40. The van der Waals surface area contributed by atoms with Gasteiger partial charge in [0.25, 0.3) is 0 Å². The molecule has 0 aromatic carbocycles. The normalized spacial score (nSPS) is 39.6. The average Bonchev–Trinajstić information content (AvgIpc) is 3.45. The summed E-state index contributed by atoms with van der Waals surface area (Å²) in [5.74, 6) is 6.27. The van der Waals surface area contributed by atoms with Crippen LogP contribution in [0, 0.1) is 40.4 Å². The largest absolute Gasteiger partial charge is 0.396 e. The van der Waals surface area contributed by atoms with Gasteiger partial charge in [-0.05, 0) is 55.8 Å². The molecule has 2 N–H and O–H groups in total. The standard InChI is InChI=1S/C27H44O6/c1-20-11-12-26(21(2)19-28)13-14-27(32-17-18-33-27)24(26)25(20,3)22(29)9-5-4-7-15-30-23-10-6-8-16-31-23/h20-24,28-29H,6-19H2,1-3H3/t20-,21-,22-,23?,24+,25+,26+/m1/s1. The lowest BCUT2D eigenvalue weighted by atomic mass is 9.47. The minimum atomic E-state index is -0.644. The molecule has 7 atom stereocenters. The molecule has 6 heteroatoms. The second-order valence-electron chi connectivity index (χ2n) is 11.1. The third-order valence-electron chi connectivity index (χ3n) is 9.52. The molecule has 1 unspecified atom stereocenters. The topological polar surface area (TPSA) is 77.4 Å². The molecule has 0 aromatic heterocycles. The summed E-state index contributed by atoms with van der Waals surface area (Å²) in [4.78, 5) is 0. The highest BCUT2D eigenvalue weighted by molar-refractivity contribution is 5.17. The van der Waals surface area contributed by atoms with Crippen LogP contribution in [0.25, 0.3) is 0 Å². The molecule has 0 bridgehead atoms. The van der Waals surface area contributed by atoms with Crippen molar-refractivity contribution in [3.8, 4) is 11.8 Å². The second-order valence-corrected chi connectivity index (χ2v) is 11.1. The summed E-state index contributed by atoms with van der Waals surface area (Å²) in [6.07, 6.45) is 7.53. The van der Waals surface area contributed by atoms with Gasteiger partial charge in [0.2, 0.25) is 0 Å². The SMILES string of the molecule is C[C@H](CO)[C@@]12CC[C@@H](C)[C@@](C)([C@H](O)CC#CCCOC3CCCCO3)[C@@H]1C1(CC2)OCCO1. The second kappa shape index (κ2) is 10.5. The predicted octanol–water partition coefficient (Wildman–Crippen LogP) is 3.88. The van der Waals surface area contributed by atoms with E-state index in [2.05, 4.69) is 32.6 Å². The molecule has 6 nitrogen and oxygen atoms in total. The number of rotatable bonds is 7. The first-order valence-electron chi connectivity index (χ1n) is 13.1. The predicted molar refractivity (Wildman–Crippen MR) is 125 cm³/mol. The average molecular weight is 465 g/mol. The quantitative estimate of drug-likeness (QED) is 0.440. The molecule has 0 radical (unpaired) electrons. The molecule has 33 heavy (non-hydrogen) atoms. The molecule has 4 rings (SSSR count). The first-order chi connectivity index (χ1) is 15.9. The van der Waals surface area contributed by atoms with Crippen molar-refractivity contribution in [3.05, 3.63) is 0 Å². The Morgan fingerprint density at radius 1 is 1.06 bits per heavy atom. The zero-order valence-corrected chi connectivity index (χ0v) is 20.8. The molecule has 1 spiro atoms. The van der Waals surface area contributed by atoms with Crippen LogP contribution in [-0.2, 0) is 18.9 Å². The minimum Gasteiger partial charge on any atom is -0.396 e. The third kappa shape index (κ3) is 4.62. The number of fused-ring (bicyclic) bond motifs is 2. The van der Waals surface area contributed by atoms with Gasteiger partial charge in [0.1, 0.15) is 0 Å². The number of hydrogen-bond donors (Lipinski definition) is 2. The van der Waals surface area contributed by atoms with E-state index in [4.69, 9.17) is 18.9 Å². The smallest absolute Gasteiger partial charge is 0.172 e. The number of aliphatic hydroxyl groups excluding tert-OH is 2. The zero-order chi connectivity index (χ0) is 23.5. The van der Waals surface area contributed by atoms with Gasteiger partial charge in [-0.15, -0.1) is 11.8 Å². The van der Waals surface area contributed by atoms with Crippen molar-refractivity contribution in [3.63, 3.8) is 0 Å². The summed E-state index contributed by atoms with van der Waals surface area (Å²) in [6, 6.07) is 0. The number of ether oxygens (including phenoxy) is 4. The maximum atomic E-state index is 11.6. The molecule has 2 saturated carbocycles. The van der Waals surface area contributed by atoms with Gasteiger partial charge in [0, 0.05) is 43.8 Å². The Bertz CT molecular complexity index is 703. The van der Waals surface area contributed by atoms with Crippen LogP contribution >= 0.6 is 0 Å². The number of aliphatic hydroxyl groups is 2. The van der Waals surface area contributed by atoms with Crippen molar-refractivity contribution in [2.24, 2.45) is 28.6 Å². The third-order valence-corrected chi connectivity index (χ3v) is 9.52. The van der Waals surface area contributed by atoms with E-state index in [1.165, 1.54) is 0 Å². The Labute approximate surface area is 199 Å². The first kappa shape index (κ1) is 25.4. The van der Waals surface area contributed by atoms with Crippen molar-refractivity contribution in [2.75, 3.05) is 33.0 Å². The Balaban J connectivity index is 1.46. The molecule has 2 heterocycles. The van der Waals surface area contributed by atoms with Crippen LogP contribution in [0.5, 0.6) is 0 Å². The van der Waals surface area contributed by atoms with E-state index >= 15 is 0 Å². The van der Waals surface area contributed by atoms with Crippen molar-refractivity contribution in [1.29, 1.82) is 0 Å². The lowest BCUT2D eigenvalue weighted by molar-refractivity contribution is -0.266. The molecular weight excluding hydrogens is 420 g/mol. The Kier molecular flexibility index (Phi) is 8.10. The van der Waals surface area contributed by atoms with Crippen molar-refractivity contribution >= 4 is 0 Å². The highest BCUT2D eigenvalue weighted by Crippen LogP contribution is 2.70. The molecule has 188 valence electrons. The van der Waals surface area contributed by atoms with E-state index in [1.807, 2.05) is 0 Å². The van der Waals surface area contributed by atoms with Gasteiger partial charge in [-0.25, -0.2) is 0 Å². The van der Waals surface area contributed by atoms with E-state index in [9.17, 15) is 10.2 Å². The van der Waals surface area contributed by atoms with E-state index in [0.717, 1.165) is 51.6 Å². The maximum Gasteiger partial charge on any atom is 0.172 e. The summed E-state index contributed by atoms with van der Waals surface area (Å²) in [7, 11) is 0. The van der Waals surface area contributed by atoms with Crippen LogP contribution in [0.3, 0.4) is 0 Å². The first-order valence-corrected chi connectivity index (χ1v) is 13.1. The summed E-state index contributed by atoms with van der Waals surface area (Å²) >= 11 is 0. The Morgan fingerprint density at radius 2 is 1.85 bits per heavy atom. The molecular formula is C27H44O6. The van der Waals surface area contributed by atoms with E-state index in [1.54, 1.807) is 0 Å². The van der Waals surface area contributed by atoms with Gasteiger partial charge >= 0.3 is 0 Å². The van der Waals surface area contributed by atoms with Gasteiger partial charge in [0.05, 0.1) is 25.9 Å². The van der Waals surface area contributed by atoms with Gasteiger partial charge in [-0.2, -0.15) is 0 Å². The molecule has 0 amide bonds. The van der Waals surface area contributed by atoms with Crippen LogP contribution in [0.2, 0.25) is 0 Å². The van der Waals surface area contributed by atoms with Crippen LogP contribution in [0.1, 0.15) is 78.6 Å². The molecule has 2 aliphatic heterocycles. The monoisotopic (exact) mass is 464 g/mol. The van der Waals surface area contributed by atoms with Gasteiger partial charge in [-0.1, -0.05) is 20.8 Å². The molecule has 2 aliphatic carbocycles. The highest BCUT2D eigenvalue weighted by Gasteiger charge is 2.70. The van der Waals surface area contributed by atoms with Gasteiger partial charge < -0.3 is 29.2 Å². The lowest BCUT2D eigenvalue weighted by Crippen LogP contribution is -2.61. The fraction of sp³-hybridized carbons (Fsp3) is 0.926. The van der Waals surface area contributed by atoms with Crippen molar-refractivity contribution in [2.45, 2.75) is 96.7 Å². The Hall–Kier alpha value is -0.680. The van der Waals surface area contributed by atoms with E-state index in [0.29, 0.717) is 38.6 Å². The van der Waals surface area contributed by atoms with Crippen molar-refractivity contribution < 1.29 is 29.2 Å². The lowest BCUT2D eigenvalue weighted by Gasteiger charge is -2.60.